The molecule has 0 atom stereocenters. The van der Waals surface area contributed by atoms with Crippen molar-refractivity contribution in [1.82, 2.24) is 0 Å². The first kappa shape index (κ1) is 12.4. The summed E-state index contributed by atoms with van der Waals surface area (Å²) in [7, 11) is 0. The van der Waals surface area contributed by atoms with Crippen molar-refractivity contribution in [2.45, 2.75) is 20.8 Å². The Kier molecular flexibility index (Phi) is 2.56. The van der Waals surface area contributed by atoms with Crippen LogP contribution in [0.3, 0.4) is 0 Å². The van der Waals surface area contributed by atoms with Gasteiger partial charge in [-0.25, -0.2) is 0 Å². The summed E-state index contributed by atoms with van der Waals surface area (Å²) in [6, 6.07) is 19.9. The molecular formula is C21H18. The lowest BCUT2D eigenvalue weighted by Crippen LogP contribution is -1.90. The van der Waals surface area contributed by atoms with Gasteiger partial charge in [0.1, 0.15) is 0 Å². The molecule has 0 amide bonds. The molecule has 0 aliphatic carbocycles. The Morgan fingerprint density at radius 1 is 0.524 bits per heavy atom. The standard InChI is InChI=1S/C21H18/c1-13-7-6-8-16-11-12-19-14(2)17-9-4-5-10-18(17)15(3)21(19)20(13)16/h4-12H,1-3H3. The van der Waals surface area contributed by atoms with Crippen molar-refractivity contribution in [2.24, 2.45) is 0 Å². The lowest BCUT2D eigenvalue weighted by atomic mass is 9.89. The molecule has 0 aliphatic heterocycles. The molecule has 0 unspecified atom stereocenters. The first-order chi connectivity index (χ1) is 10.2. The second-order valence-corrected chi connectivity index (χ2v) is 5.96. The van der Waals surface area contributed by atoms with E-state index in [-0.39, 0.29) is 0 Å². The number of rotatable bonds is 0. The Morgan fingerprint density at radius 2 is 1.24 bits per heavy atom. The van der Waals surface area contributed by atoms with Crippen LogP contribution in [0, 0.1) is 20.8 Å². The molecule has 0 fully saturated rings. The first-order valence-corrected chi connectivity index (χ1v) is 7.48. The van der Waals surface area contributed by atoms with Gasteiger partial charge in [0.15, 0.2) is 0 Å². The molecule has 0 radical (unpaired) electrons. The van der Waals surface area contributed by atoms with Gasteiger partial charge in [0.05, 0.1) is 0 Å². The largest absolute Gasteiger partial charge is 0.0616 e. The molecule has 0 aliphatic rings. The molecule has 0 heterocycles. The number of fused-ring (bicyclic) bond motifs is 4. The smallest absolute Gasteiger partial charge is 0.00644 e. The van der Waals surface area contributed by atoms with Gasteiger partial charge < -0.3 is 0 Å². The quantitative estimate of drug-likeness (QED) is 0.268. The van der Waals surface area contributed by atoms with E-state index in [2.05, 4.69) is 75.4 Å². The molecule has 0 heteroatoms. The van der Waals surface area contributed by atoms with E-state index in [0.717, 1.165) is 0 Å². The number of benzene rings is 4. The Balaban J connectivity index is 2.40. The lowest BCUT2D eigenvalue weighted by Gasteiger charge is -2.15. The summed E-state index contributed by atoms with van der Waals surface area (Å²) in [5.41, 5.74) is 4.14. The van der Waals surface area contributed by atoms with Gasteiger partial charge in [0.2, 0.25) is 0 Å². The normalized spacial score (nSPS) is 11.6. The van der Waals surface area contributed by atoms with Gasteiger partial charge in [-0.05, 0) is 69.8 Å². The fourth-order valence-corrected chi connectivity index (χ4v) is 3.68. The highest BCUT2D eigenvalue weighted by molar-refractivity contribution is 6.17. The summed E-state index contributed by atoms with van der Waals surface area (Å²) in [5, 5.41) is 8.28. The van der Waals surface area contributed by atoms with Crippen molar-refractivity contribution >= 4 is 32.3 Å². The van der Waals surface area contributed by atoms with E-state index in [4.69, 9.17) is 0 Å². The summed E-state index contributed by atoms with van der Waals surface area (Å²) >= 11 is 0. The van der Waals surface area contributed by atoms with E-state index >= 15 is 0 Å². The van der Waals surface area contributed by atoms with Gasteiger partial charge in [-0.2, -0.15) is 0 Å². The first-order valence-electron chi connectivity index (χ1n) is 7.48. The topological polar surface area (TPSA) is 0 Å². The summed E-state index contributed by atoms with van der Waals surface area (Å²) in [6.45, 7) is 6.72. The average molecular weight is 270 g/mol. The molecular weight excluding hydrogens is 252 g/mol. The summed E-state index contributed by atoms with van der Waals surface area (Å²) < 4.78 is 0. The van der Waals surface area contributed by atoms with Crippen LogP contribution in [0.25, 0.3) is 32.3 Å². The highest BCUT2D eigenvalue weighted by Crippen LogP contribution is 2.37. The summed E-state index contributed by atoms with van der Waals surface area (Å²) in [6.07, 6.45) is 0. The molecule has 0 N–H and O–H groups in total. The molecule has 102 valence electrons. The summed E-state index contributed by atoms with van der Waals surface area (Å²) in [5.74, 6) is 0. The number of aryl methyl sites for hydroxylation is 3. The zero-order chi connectivity index (χ0) is 14.6. The summed E-state index contributed by atoms with van der Waals surface area (Å²) in [4.78, 5) is 0. The van der Waals surface area contributed by atoms with E-state index in [1.165, 1.54) is 49.0 Å². The molecule has 4 aromatic rings. The third kappa shape index (κ3) is 1.62. The maximum Gasteiger partial charge on any atom is -0.00644 e. The van der Waals surface area contributed by atoms with Gasteiger partial charge in [0.25, 0.3) is 0 Å². The van der Waals surface area contributed by atoms with Gasteiger partial charge in [0, 0.05) is 0 Å². The second kappa shape index (κ2) is 4.33. The van der Waals surface area contributed by atoms with E-state index in [1.807, 2.05) is 0 Å². The van der Waals surface area contributed by atoms with Crippen LogP contribution in [0.5, 0.6) is 0 Å². The maximum absolute atomic E-state index is 2.28. The van der Waals surface area contributed by atoms with E-state index in [9.17, 15) is 0 Å². The highest BCUT2D eigenvalue weighted by atomic mass is 14.2. The van der Waals surface area contributed by atoms with Crippen LogP contribution in [-0.2, 0) is 0 Å². The Labute approximate surface area is 125 Å². The van der Waals surface area contributed by atoms with Crippen LogP contribution in [0.1, 0.15) is 16.7 Å². The molecule has 0 nitrogen and oxygen atoms in total. The predicted octanol–water partition coefficient (Wildman–Crippen LogP) is 6.07. The van der Waals surface area contributed by atoms with E-state index in [1.54, 1.807) is 0 Å². The van der Waals surface area contributed by atoms with Gasteiger partial charge >= 0.3 is 0 Å². The molecule has 21 heavy (non-hydrogen) atoms. The fraction of sp³-hybridized carbons (Fsp3) is 0.143. The van der Waals surface area contributed by atoms with Crippen molar-refractivity contribution in [3.05, 3.63) is 71.3 Å². The third-order valence-electron chi connectivity index (χ3n) is 4.77. The molecule has 4 aromatic carbocycles. The molecule has 0 bridgehead atoms. The van der Waals surface area contributed by atoms with Crippen molar-refractivity contribution in [2.75, 3.05) is 0 Å². The molecule has 0 saturated heterocycles. The zero-order valence-electron chi connectivity index (χ0n) is 12.7. The molecule has 0 spiro atoms. The minimum Gasteiger partial charge on any atom is -0.0616 e. The van der Waals surface area contributed by atoms with Gasteiger partial charge in [-0.3, -0.25) is 0 Å². The van der Waals surface area contributed by atoms with Crippen LogP contribution in [0.15, 0.2) is 54.6 Å². The average Bonchev–Trinajstić information content (AvgIpc) is 2.52. The van der Waals surface area contributed by atoms with Crippen LogP contribution in [-0.4, -0.2) is 0 Å². The maximum atomic E-state index is 2.28. The van der Waals surface area contributed by atoms with E-state index in [0.29, 0.717) is 0 Å². The third-order valence-corrected chi connectivity index (χ3v) is 4.77. The predicted molar refractivity (Wildman–Crippen MR) is 93.2 cm³/mol. The van der Waals surface area contributed by atoms with Crippen LogP contribution in [0.4, 0.5) is 0 Å². The van der Waals surface area contributed by atoms with E-state index < -0.39 is 0 Å². The Hall–Kier alpha value is -2.34. The molecule has 0 saturated carbocycles. The minimum absolute atomic E-state index is 1.33. The Morgan fingerprint density at radius 3 is 2.00 bits per heavy atom. The monoisotopic (exact) mass is 270 g/mol. The lowest BCUT2D eigenvalue weighted by molar-refractivity contribution is 1.51. The fourth-order valence-electron chi connectivity index (χ4n) is 3.68. The highest BCUT2D eigenvalue weighted by Gasteiger charge is 2.11. The zero-order valence-corrected chi connectivity index (χ0v) is 12.7. The SMILES string of the molecule is Cc1c2ccccc2c(C)c2c1ccc1cccc(C)c12. The minimum atomic E-state index is 1.33. The number of hydrogen-bond donors (Lipinski definition) is 0. The van der Waals surface area contributed by atoms with Crippen LogP contribution in [0.2, 0.25) is 0 Å². The molecule has 0 aromatic heterocycles. The van der Waals surface area contributed by atoms with Crippen molar-refractivity contribution in [3.8, 4) is 0 Å². The number of hydrogen-bond acceptors (Lipinski definition) is 0. The van der Waals surface area contributed by atoms with Gasteiger partial charge in [-0.1, -0.05) is 54.6 Å². The van der Waals surface area contributed by atoms with Crippen molar-refractivity contribution < 1.29 is 0 Å². The molecule has 4 rings (SSSR count). The van der Waals surface area contributed by atoms with Crippen LogP contribution >= 0.6 is 0 Å². The Bertz CT molecular complexity index is 1010. The second-order valence-electron chi connectivity index (χ2n) is 5.96. The van der Waals surface area contributed by atoms with Crippen molar-refractivity contribution in [3.63, 3.8) is 0 Å². The van der Waals surface area contributed by atoms with Gasteiger partial charge in [-0.15, -0.1) is 0 Å². The van der Waals surface area contributed by atoms with Crippen LogP contribution < -0.4 is 0 Å². The van der Waals surface area contributed by atoms with Crippen molar-refractivity contribution in [1.29, 1.82) is 0 Å².